The minimum Gasteiger partial charge on any atom is -2.00 e. The molecule has 0 fully saturated rings. The molecule has 0 N–H and O–H groups in total. The number of carboxylic acid groups (broad SMARTS) is 1. The van der Waals surface area contributed by atoms with E-state index in [9.17, 15) is 9.90 Å². The van der Waals surface area contributed by atoms with Crippen molar-refractivity contribution in [1.29, 1.82) is 0 Å². The van der Waals surface area contributed by atoms with Gasteiger partial charge in [-0.05, 0) is 12.8 Å². The number of rotatable bonds is 16. The van der Waals surface area contributed by atoms with Crippen molar-refractivity contribution in [1.82, 2.24) is 0 Å². The van der Waals surface area contributed by atoms with Crippen LogP contribution in [-0.2, 0) is 32.0 Å². The van der Waals surface area contributed by atoms with Crippen LogP contribution in [0.4, 0.5) is 0 Å². The molecule has 0 unspecified atom stereocenters. The molecule has 0 aromatic heterocycles. The summed E-state index contributed by atoms with van der Waals surface area (Å²) in [6.07, 6.45) is 19.9. The molecule has 0 bridgehead atoms. The van der Waals surface area contributed by atoms with E-state index in [-0.39, 0.29) is 71.4 Å². The van der Waals surface area contributed by atoms with Gasteiger partial charge in [0.2, 0.25) is 0 Å². The number of aliphatic carboxylic acids is 1. The molecule has 0 spiro atoms. The van der Waals surface area contributed by atoms with Crippen molar-refractivity contribution in [2.75, 3.05) is 0 Å². The Balaban J connectivity index is -0.000000602. The third-order valence-electron chi connectivity index (χ3n) is 3.98. The van der Waals surface area contributed by atoms with Crippen molar-refractivity contribution >= 4 is 43.7 Å². The van der Waals surface area contributed by atoms with Crippen LogP contribution in [0, 0.1) is 0 Å². The molecule has 0 rings (SSSR count). The third kappa shape index (κ3) is 31.7. The summed E-state index contributed by atoms with van der Waals surface area (Å²) in [5, 5.41) is 10.2. The minimum atomic E-state index is -0.903. The maximum Gasteiger partial charge on any atom is 4.00 e. The van der Waals surface area contributed by atoms with E-state index in [0.717, 1.165) is 12.8 Å². The van der Waals surface area contributed by atoms with E-state index >= 15 is 0 Å². The van der Waals surface area contributed by atoms with E-state index in [1.54, 1.807) is 0 Å². The van der Waals surface area contributed by atoms with Gasteiger partial charge in [-0.3, -0.25) is 0 Å². The van der Waals surface area contributed by atoms with Gasteiger partial charge in [-0.1, -0.05) is 96.8 Å². The second-order valence-electron chi connectivity index (χ2n) is 6.07. The Morgan fingerprint density at radius 1 is 0.652 bits per heavy atom. The maximum absolute atomic E-state index is 10.2. The van der Waals surface area contributed by atoms with Crippen LogP contribution >= 0.6 is 0 Å². The zero-order chi connectivity index (χ0) is 14.9. The summed E-state index contributed by atoms with van der Waals surface area (Å²) in [4.78, 5) is 10.2. The molecule has 0 aromatic carbocycles. The molecule has 0 aliphatic rings. The summed E-state index contributed by atoms with van der Waals surface area (Å²) >= 11 is 0. The van der Waals surface area contributed by atoms with Gasteiger partial charge in [0.1, 0.15) is 0 Å². The van der Waals surface area contributed by atoms with Crippen molar-refractivity contribution in [3.05, 3.63) is 0 Å². The molecule has 0 amide bonds. The number of carboxylic acids is 1. The Morgan fingerprint density at radius 2 is 0.913 bits per heavy atom. The van der Waals surface area contributed by atoms with Gasteiger partial charge in [0.05, 0.1) is 0 Å². The van der Waals surface area contributed by atoms with E-state index in [1.807, 2.05) is 0 Å². The number of unbranched alkanes of at least 4 members (excludes halogenated alkanes) is 14. The van der Waals surface area contributed by atoms with Crippen LogP contribution in [0.25, 0.3) is 0 Å². The van der Waals surface area contributed by atoms with Crippen LogP contribution in [0.5, 0.6) is 0 Å². The first kappa shape index (κ1) is 32.1. The Kier molecular flexibility index (Phi) is 39.4. The predicted octanol–water partition coefficient (Wildman–Crippen LogP) is 4.50. The zero-order valence-corrected chi connectivity index (χ0v) is 19.0. The third-order valence-corrected chi connectivity index (χ3v) is 3.98. The molecule has 0 saturated heterocycles. The maximum atomic E-state index is 10.2. The van der Waals surface area contributed by atoms with Gasteiger partial charge in [0.25, 0.3) is 0 Å². The molecule has 0 aliphatic heterocycles. The molecule has 0 aliphatic carbocycles. The fourth-order valence-electron chi connectivity index (χ4n) is 2.64. The van der Waals surface area contributed by atoms with E-state index in [0.29, 0.717) is 0 Å². The molecule has 0 heterocycles. The summed E-state index contributed by atoms with van der Waals surface area (Å²) in [6.45, 7) is 2.27. The number of hydrogen-bond donors (Lipinski definition) is 0. The second-order valence-corrected chi connectivity index (χ2v) is 6.07. The zero-order valence-electron chi connectivity index (χ0n) is 15.2. The Hall–Kier alpha value is 1.40. The first-order chi connectivity index (χ1) is 9.77. The van der Waals surface area contributed by atoms with Gasteiger partial charge in [-0.15, -0.1) is 0 Å². The van der Waals surface area contributed by atoms with Crippen LogP contribution < -0.4 is 5.11 Å². The Morgan fingerprint density at radius 3 is 1.17 bits per heavy atom. The average Bonchev–Trinajstić information content (AvgIpc) is 2.43. The molecule has 0 aromatic rings. The van der Waals surface area contributed by atoms with Crippen LogP contribution in [0.3, 0.4) is 0 Å². The van der Waals surface area contributed by atoms with E-state index < -0.39 is 5.97 Å². The molecule has 0 radical (unpaired) electrons. The van der Waals surface area contributed by atoms with Gasteiger partial charge in [0, 0.05) is 5.97 Å². The average molecular weight is 387 g/mol. The number of hydrogen-bond acceptors (Lipinski definition) is 2. The van der Waals surface area contributed by atoms with E-state index in [4.69, 9.17) is 0 Å². The molecular formula is C18H35CaO3Ti+3. The van der Waals surface area contributed by atoms with Gasteiger partial charge < -0.3 is 15.4 Å². The fraction of sp³-hybridized carbons (Fsp3) is 0.944. The van der Waals surface area contributed by atoms with Crippen LogP contribution in [0.1, 0.15) is 110 Å². The van der Waals surface area contributed by atoms with Gasteiger partial charge in [-0.25, -0.2) is 0 Å². The van der Waals surface area contributed by atoms with Crippen LogP contribution in [0.2, 0.25) is 0 Å². The number of carbonyl (C=O) groups is 1. The second kappa shape index (κ2) is 28.2. The SMILES string of the molecule is CCCCCCCCCCCCCCCCCC(=O)[O-].[Ca+2].[O-2].[Ti+4]. The van der Waals surface area contributed by atoms with Crippen molar-refractivity contribution in [3.8, 4) is 0 Å². The number of carbonyl (C=O) groups excluding carboxylic acids is 1. The molecule has 3 nitrogen and oxygen atoms in total. The predicted molar refractivity (Wildman–Crippen MR) is 91.0 cm³/mol. The first-order valence-electron chi connectivity index (χ1n) is 8.97. The summed E-state index contributed by atoms with van der Waals surface area (Å²) in [7, 11) is 0. The summed E-state index contributed by atoms with van der Waals surface area (Å²) in [5.74, 6) is -0.903. The van der Waals surface area contributed by atoms with Gasteiger partial charge in [-0.2, -0.15) is 0 Å². The largest absolute Gasteiger partial charge is 4.00 e. The summed E-state index contributed by atoms with van der Waals surface area (Å²) < 4.78 is 0. The minimum absolute atomic E-state index is 0. The van der Waals surface area contributed by atoms with Crippen LogP contribution in [0.15, 0.2) is 0 Å². The van der Waals surface area contributed by atoms with Gasteiger partial charge in [0.15, 0.2) is 0 Å². The molecule has 0 atom stereocenters. The van der Waals surface area contributed by atoms with Crippen LogP contribution in [-0.4, -0.2) is 43.7 Å². The topological polar surface area (TPSA) is 68.6 Å². The smallest absolute Gasteiger partial charge is 2.00 e. The molecule has 23 heavy (non-hydrogen) atoms. The van der Waals surface area contributed by atoms with Crippen molar-refractivity contribution < 1.29 is 37.1 Å². The van der Waals surface area contributed by atoms with Crippen molar-refractivity contribution in [2.45, 2.75) is 110 Å². The summed E-state index contributed by atoms with van der Waals surface area (Å²) in [5.41, 5.74) is 0. The van der Waals surface area contributed by atoms with Gasteiger partial charge >= 0.3 is 59.5 Å². The molecule has 0 saturated carbocycles. The standard InChI is InChI=1S/C18H36O2.Ca.O.Ti/c1-2-3-4-5-6-7-8-9-10-11-12-13-14-15-16-17-18(19)20;;;/h2-17H2,1H3,(H,19,20);;;/q;+2;-2;+4/p-1. The summed E-state index contributed by atoms with van der Waals surface area (Å²) in [6, 6.07) is 0. The molecule has 128 valence electrons. The van der Waals surface area contributed by atoms with E-state index in [1.165, 1.54) is 83.5 Å². The van der Waals surface area contributed by atoms with Crippen molar-refractivity contribution in [2.24, 2.45) is 0 Å². The molecule has 5 heteroatoms. The quantitative estimate of drug-likeness (QED) is 0.289. The fourth-order valence-corrected chi connectivity index (χ4v) is 2.64. The monoisotopic (exact) mass is 387 g/mol. The molecular weight excluding hydrogens is 352 g/mol. The normalized spacial score (nSPS) is 9.43. The van der Waals surface area contributed by atoms with Crippen molar-refractivity contribution in [3.63, 3.8) is 0 Å². The first-order valence-corrected chi connectivity index (χ1v) is 8.97. The Bertz CT molecular complexity index is 216. The van der Waals surface area contributed by atoms with E-state index in [2.05, 4.69) is 6.92 Å². The Labute approximate surface area is 189 Å².